The number of hydrogen-bond donors (Lipinski definition) is 0. The van der Waals surface area contributed by atoms with Gasteiger partial charge in [0.2, 0.25) is 0 Å². The van der Waals surface area contributed by atoms with E-state index in [2.05, 4.69) is 83.1 Å². The molecule has 0 fully saturated rings. The first-order valence-corrected chi connectivity index (χ1v) is 27.8. The van der Waals surface area contributed by atoms with Crippen molar-refractivity contribution in [2.45, 2.75) is 157 Å². The Hall–Kier alpha value is -3.87. The SMILES string of the molecule is CCOC(=O)c1sc(C(=O)OCC)c(O[Si](C(C)C)(C(C)C)C(C)C)c1OCc1cccc(COc2c(C(=O)OCC)sc(C(=O)OCC)c2O[Si](C(C)C)(C(C)C)C(C)C)c1. The Bertz CT molecular complexity index is 1800. The lowest BCUT2D eigenvalue weighted by Crippen LogP contribution is -2.51. The highest BCUT2D eigenvalue weighted by atomic mass is 32.1. The first kappa shape index (κ1) is 52.5. The number of benzene rings is 1. The van der Waals surface area contributed by atoms with E-state index in [1.165, 1.54) is 0 Å². The standard InChI is InChI=1S/C46H70O12S2Si2/c1-17-51-43(47)39-35(37(41(59-39)45(49)53-19-3)57-61(27(5)6,28(7)8)29(9)10)55-25-33-22-21-23-34(24-33)26-56-36-38(58-62(30(11)12,31(13)14)32(15)16)42(46(50)54-20-4)60-40(36)44(48)52-18-2/h21-24,27-32H,17-20,25-26H2,1-16H3. The van der Waals surface area contributed by atoms with Crippen LogP contribution in [0.15, 0.2) is 24.3 Å². The molecule has 0 unspecified atom stereocenters. The molecular weight excluding hydrogens is 865 g/mol. The van der Waals surface area contributed by atoms with Gasteiger partial charge >= 0.3 is 23.9 Å². The van der Waals surface area contributed by atoms with E-state index in [1.807, 2.05) is 24.3 Å². The van der Waals surface area contributed by atoms with Crippen LogP contribution in [0.5, 0.6) is 23.0 Å². The van der Waals surface area contributed by atoms with E-state index in [-0.39, 0.29) is 115 Å². The molecule has 3 aromatic rings. The van der Waals surface area contributed by atoms with Crippen molar-refractivity contribution in [3.63, 3.8) is 0 Å². The molecule has 0 saturated carbocycles. The van der Waals surface area contributed by atoms with Crippen LogP contribution in [0.25, 0.3) is 0 Å². The molecule has 1 aromatic carbocycles. The van der Waals surface area contributed by atoms with Gasteiger partial charge in [-0.2, -0.15) is 0 Å². The minimum Gasteiger partial charge on any atom is -0.539 e. The molecule has 0 aliphatic rings. The monoisotopic (exact) mass is 934 g/mol. The second-order valence-electron chi connectivity index (χ2n) is 17.0. The summed E-state index contributed by atoms with van der Waals surface area (Å²) in [6.07, 6.45) is 0. The number of carbonyl (C=O) groups excluding carboxylic acids is 4. The Kier molecular flexibility index (Phi) is 19.6. The van der Waals surface area contributed by atoms with Crippen LogP contribution in [0.2, 0.25) is 33.2 Å². The van der Waals surface area contributed by atoms with Gasteiger partial charge in [-0.15, -0.1) is 22.7 Å². The molecule has 62 heavy (non-hydrogen) atoms. The van der Waals surface area contributed by atoms with Crippen LogP contribution in [-0.2, 0) is 32.2 Å². The Morgan fingerprint density at radius 2 is 0.710 bits per heavy atom. The van der Waals surface area contributed by atoms with Crippen LogP contribution in [0.1, 0.15) is 161 Å². The number of thiophene rings is 2. The second-order valence-corrected chi connectivity index (χ2v) is 29.7. The van der Waals surface area contributed by atoms with Gasteiger partial charge in [-0.05, 0) is 78.1 Å². The zero-order valence-corrected chi connectivity index (χ0v) is 43.4. The Morgan fingerprint density at radius 1 is 0.452 bits per heavy atom. The Morgan fingerprint density at radius 3 is 0.952 bits per heavy atom. The summed E-state index contributed by atoms with van der Waals surface area (Å²) < 4.78 is 49.2. The van der Waals surface area contributed by atoms with Crippen molar-refractivity contribution in [2.24, 2.45) is 0 Å². The van der Waals surface area contributed by atoms with Crippen molar-refractivity contribution < 1.29 is 56.5 Å². The lowest BCUT2D eigenvalue weighted by atomic mass is 10.1. The fraction of sp³-hybridized carbons (Fsp3) is 0.609. The number of esters is 4. The Balaban J connectivity index is 2.17. The van der Waals surface area contributed by atoms with Gasteiger partial charge in [0.1, 0.15) is 13.2 Å². The average molecular weight is 935 g/mol. The number of hydrogen-bond acceptors (Lipinski definition) is 14. The third-order valence-electron chi connectivity index (χ3n) is 11.2. The van der Waals surface area contributed by atoms with Gasteiger partial charge in [0, 0.05) is 0 Å². The quantitative estimate of drug-likeness (QED) is 0.0479. The molecule has 2 aromatic heterocycles. The molecule has 0 atom stereocenters. The molecule has 0 spiro atoms. The molecule has 0 bridgehead atoms. The first-order valence-electron chi connectivity index (χ1n) is 21.9. The van der Waals surface area contributed by atoms with Crippen molar-refractivity contribution in [2.75, 3.05) is 26.4 Å². The largest absolute Gasteiger partial charge is 0.539 e. The molecule has 0 aliphatic carbocycles. The Labute approximate surface area is 379 Å². The molecule has 3 rings (SSSR count). The second kappa shape index (κ2) is 23.2. The zero-order valence-electron chi connectivity index (χ0n) is 39.7. The first-order chi connectivity index (χ1) is 29.2. The number of rotatable bonds is 24. The van der Waals surface area contributed by atoms with Gasteiger partial charge in [-0.25, -0.2) is 19.2 Å². The van der Waals surface area contributed by atoms with Crippen LogP contribution in [0.4, 0.5) is 0 Å². The maximum atomic E-state index is 13.5. The predicted molar refractivity (Wildman–Crippen MR) is 251 cm³/mol. The van der Waals surface area contributed by atoms with Gasteiger partial charge in [0.05, 0.1) is 26.4 Å². The molecule has 0 saturated heterocycles. The van der Waals surface area contributed by atoms with E-state index in [0.29, 0.717) is 0 Å². The smallest absolute Gasteiger partial charge is 0.352 e. The van der Waals surface area contributed by atoms with E-state index < -0.39 is 40.5 Å². The molecule has 0 aliphatic heterocycles. The van der Waals surface area contributed by atoms with Crippen LogP contribution in [-0.4, -0.2) is 66.9 Å². The number of ether oxygens (including phenoxy) is 6. The third kappa shape index (κ3) is 11.4. The van der Waals surface area contributed by atoms with Crippen LogP contribution in [0.3, 0.4) is 0 Å². The molecule has 0 radical (unpaired) electrons. The van der Waals surface area contributed by atoms with Crippen molar-refractivity contribution in [1.82, 2.24) is 0 Å². The van der Waals surface area contributed by atoms with Crippen LogP contribution >= 0.6 is 22.7 Å². The van der Waals surface area contributed by atoms with Gasteiger partial charge in [-0.1, -0.05) is 101 Å². The summed E-state index contributed by atoms with van der Waals surface area (Å²) in [4.78, 5) is 54.6. The molecule has 346 valence electrons. The lowest BCUT2D eigenvalue weighted by molar-refractivity contribution is 0.0517. The van der Waals surface area contributed by atoms with Crippen molar-refractivity contribution in [3.8, 4) is 23.0 Å². The van der Waals surface area contributed by atoms with Crippen LogP contribution < -0.4 is 18.3 Å². The lowest BCUT2D eigenvalue weighted by Gasteiger charge is -2.42. The number of carbonyl (C=O) groups is 4. The summed E-state index contributed by atoms with van der Waals surface area (Å²) >= 11 is 1.90. The summed E-state index contributed by atoms with van der Waals surface area (Å²) in [6, 6.07) is 7.48. The molecule has 16 heteroatoms. The van der Waals surface area contributed by atoms with Crippen molar-refractivity contribution >= 4 is 63.2 Å². The van der Waals surface area contributed by atoms with Gasteiger partial charge < -0.3 is 37.3 Å². The maximum absolute atomic E-state index is 13.5. The highest BCUT2D eigenvalue weighted by molar-refractivity contribution is 7.17. The van der Waals surface area contributed by atoms with E-state index in [4.69, 9.17) is 37.3 Å². The normalized spacial score (nSPS) is 12.1. The third-order valence-corrected chi connectivity index (χ3v) is 25.4. The predicted octanol–water partition coefficient (Wildman–Crippen LogP) is 12.8. The van der Waals surface area contributed by atoms with E-state index in [1.54, 1.807) is 27.7 Å². The topological polar surface area (TPSA) is 142 Å². The summed E-state index contributed by atoms with van der Waals surface area (Å²) in [7, 11) is -5.37. The summed E-state index contributed by atoms with van der Waals surface area (Å²) in [5.41, 5.74) is 2.36. The molecule has 2 heterocycles. The fourth-order valence-electron chi connectivity index (χ4n) is 8.75. The minimum absolute atomic E-state index is 0.00558. The van der Waals surface area contributed by atoms with Crippen molar-refractivity contribution in [3.05, 3.63) is 54.9 Å². The van der Waals surface area contributed by atoms with Gasteiger partial charge in [0.25, 0.3) is 16.6 Å². The van der Waals surface area contributed by atoms with Crippen LogP contribution in [0, 0.1) is 0 Å². The van der Waals surface area contributed by atoms with E-state index in [0.717, 1.165) is 33.8 Å². The average Bonchev–Trinajstić information content (AvgIpc) is 3.74. The molecule has 0 N–H and O–H groups in total. The minimum atomic E-state index is -2.69. The van der Waals surface area contributed by atoms with Gasteiger partial charge in [-0.3, -0.25) is 0 Å². The van der Waals surface area contributed by atoms with E-state index >= 15 is 0 Å². The van der Waals surface area contributed by atoms with Gasteiger partial charge in [0.15, 0.2) is 42.5 Å². The fourth-order valence-corrected chi connectivity index (χ4v) is 21.3. The summed E-state index contributed by atoms with van der Waals surface area (Å²) in [6.45, 7) is 33.0. The maximum Gasteiger partial charge on any atom is 0.352 e. The van der Waals surface area contributed by atoms with E-state index in [9.17, 15) is 19.2 Å². The molecular formula is C46H70O12S2Si2. The summed E-state index contributed by atoms with van der Waals surface area (Å²) in [5, 5.41) is 0. The zero-order chi connectivity index (χ0) is 46.7. The highest BCUT2D eigenvalue weighted by Crippen LogP contribution is 2.52. The van der Waals surface area contributed by atoms with Crippen molar-refractivity contribution in [1.29, 1.82) is 0 Å². The summed E-state index contributed by atoms with van der Waals surface area (Å²) in [5.74, 6) is -1.79. The highest BCUT2D eigenvalue weighted by Gasteiger charge is 2.50. The molecule has 12 nitrogen and oxygen atoms in total. The molecule has 0 amide bonds.